The number of hydrogen-bond acceptors (Lipinski definition) is 2. The summed E-state index contributed by atoms with van der Waals surface area (Å²) in [4.78, 5) is 8.99. The molecular weight excluding hydrogens is 352 g/mol. The van der Waals surface area contributed by atoms with E-state index in [1.807, 2.05) is 25.3 Å². The van der Waals surface area contributed by atoms with Crippen molar-refractivity contribution in [2.24, 2.45) is 4.99 Å². The van der Waals surface area contributed by atoms with E-state index in [1.54, 1.807) is 6.20 Å². The molecule has 0 aliphatic heterocycles. The molecule has 0 unspecified atom stereocenters. The first-order valence-corrected chi connectivity index (χ1v) is 9.73. The standard InChI is InChI=1S/C27H26N2/c1-5-28-22(4)27-26(25(18-19-29-27)24-14-10-7-11-15-24)17-16-20(2)21(3)23-12-8-6-9-13-23/h5-19H,1H2,2-4H3/b17-16-,21-20-,28-22+. The average Bonchev–Trinajstić information content (AvgIpc) is 2.78. The number of benzene rings is 2. The van der Waals surface area contributed by atoms with Crippen molar-refractivity contribution in [3.05, 3.63) is 114 Å². The largest absolute Gasteiger partial charge is 0.260 e. The van der Waals surface area contributed by atoms with E-state index in [0.717, 1.165) is 28.1 Å². The Hall–Kier alpha value is -3.52. The highest BCUT2D eigenvalue weighted by Crippen LogP contribution is 2.28. The van der Waals surface area contributed by atoms with Crippen LogP contribution in [-0.4, -0.2) is 10.7 Å². The van der Waals surface area contributed by atoms with E-state index in [2.05, 4.69) is 97.2 Å². The lowest BCUT2D eigenvalue weighted by atomic mass is 9.96. The van der Waals surface area contributed by atoms with Crippen LogP contribution in [0.15, 0.2) is 102 Å². The minimum atomic E-state index is 0.846. The van der Waals surface area contributed by atoms with Crippen LogP contribution in [-0.2, 0) is 0 Å². The van der Waals surface area contributed by atoms with Gasteiger partial charge in [0.2, 0.25) is 0 Å². The number of aliphatic imine (C=N–C) groups is 1. The van der Waals surface area contributed by atoms with E-state index >= 15 is 0 Å². The second kappa shape index (κ2) is 9.61. The molecule has 1 aromatic heterocycles. The zero-order valence-electron chi connectivity index (χ0n) is 17.3. The van der Waals surface area contributed by atoms with E-state index in [0.29, 0.717) is 0 Å². The first-order chi connectivity index (χ1) is 14.1. The van der Waals surface area contributed by atoms with Gasteiger partial charge in [0.1, 0.15) is 0 Å². The van der Waals surface area contributed by atoms with Crippen LogP contribution >= 0.6 is 0 Å². The Kier molecular flexibility index (Phi) is 6.70. The first kappa shape index (κ1) is 20.2. The van der Waals surface area contributed by atoms with Gasteiger partial charge in [0.15, 0.2) is 0 Å². The quantitative estimate of drug-likeness (QED) is 0.329. The van der Waals surface area contributed by atoms with Gasteiger partial charge in [-0.15, -0.1) is 0 Å². The molecule has 144 valence electrons. The van der Waals surface area contributed by atoms with Crippen LogP contribution in [0.1, 0.15) is 37.6 Å². The summed E-state index contributed by atoms with van der Waals surface area (Å²) in [5.74, 6) is 0. The lowest BCUT2D eigenvalue weighted by Crippen LogP contribution is -2.03. The number of pyridine rings is 1. The zero-order chi connectivity index (χ0) is 20.6. The third-order valence-electron chi connectivity index (χ3n) is 5.00. The highest BCUT2D eigenvalue weighted by atomic mass is 14.8. The summed E-state index contributed by atoms with van der Waals surface area (Å²) in [6.07, 6.45) is 7.71. The molecule has 1 heterocycles. The molecular formula is C27H26N2. The Morgan fingerprint density at radius 2 is 1.55 bits per heavy atom. The van der Waals surface area contributed by atoms with Crippen LogP contribution in [0.5, 0.6) is 0 Å². The maximum atomic E-state index is 4.62. The third-order valence-corrected chi connectivity index (χ3v) is 5.00. The van der Waals surface area contributed by atoms with E-state index in [-0.39, 0.29) is 0 Å². The second-order valence-corrected chi connectivity index (χ2v) is 6.89. The molecule has 2 heteroatoms. The molecule has 0 saturated heterocycles. The Morgan fingerprint density at radius 3 is 2.21 bits per heavy atom. The summed E-state index contributed by atoms with van der Waals surface area (Å²) in [6, 6.07) is 22.9. The minimum absolute atomic E-state index is 0.846. The number of nitrogens with zero attached hydrogens (tertiary/aromatic N) is 2. The fourth-order valence-electron chi connectivity index (χ4n) is 3.25. The summed E-state index contributed by atoms with van der Waals surface area (Å²) in [7, 11) is 0. The van der Waals surface area contributed by atoms with Crippen molar-refractivity contribution in [3.8, 4) is 11.1 Å². The molecule has 0 amide bonds. The molecule has 2 nitrogen and oxygen atoms in total. The number of rotatable bonds is 6. The van der Waals surface area contributed by atoms with Crippen molar-refractivity contribution in [2.75, 3.05) is 0 Å². The lowest BCUT2D eigenvalue weighted by molar-refractivity contribution is 1.26. The third kappa shape index (κ3) is 4.85. The predicted octanol–water partition coefficient (Wildman–Crippen LogP) is 7.21. The van der Waals surface area contributed by atoms with Crippen LogP contribution in [0.4, 0.5) is 0 Å². The van der Waals surface area contributed by atoms with Gasteiger partial charge >= 0.3 is 0 Å². The highest BCUT2D eigenvalue weighted by molar-refractivity contribution is 6.02. The molecule has 2 aromatic carbocycles. The fraction of sp³-hybridized carbons (Fsp3) is 0.111. The van der Waals surface area contributed by atoms with Gasteiger partial charge in [0.25, 0.3) is 0 Å². The van der Waals surface area contributed by atoms with Gasteiger partial charge in [-0.3, -0.25) is 9.98 Å². The molecule has 0 atom stereocenters. The van der Waals surface area contributed by atoms with Gasteiger partial charge < -0.3 is 0 Å². The maximum Gasteiger partial charge on any atom is 0.0919 e. The molecule has 0 aliphatic carbocycles. The maximum absolute atomic E-state index is 4.62. The fourth-order valence-corrected chi connectivity index (χ4v) is 3.25. The molecule has 3 aromatic rings. The van der Waals surface area contributed by atoms with Gasteiger partial charge in [0, 0.05) is 18.0 Å². The van der Waals surface area contributed by atoms with Crippen molar-refractivity contribution in [3.63, 3.8) is 0 Å². The van der Waals surface area contributed by atoms with Crippen molar-refractivity contribution in [1.29, 1.82) is 0 Å². The average molecular weight is 379 g/mol. The number of aromatic nitrogens is 1. The summed E-state index contributed by atoms with van der Waals surface area (Å²) in [6.45, 7) is 9.99. The minimum Gasteiger partial charge on any atom is -0.260 e. The number of hydrogen-bond donors (Lipinski definition) is 0. The zero-order valence-corrected chi connectivity index (χ0v) is 17.3. The smallest absolute Gasteiger partial charge is 0.0919 e. The second-order valence-electron chi connectivity index (χ2n) is 6.89. The van der Waals surface area contributed by atoms with E-state index in [4.69, 9.17) is 0 Å². The van der Waals surface area contributed by atoms with Crippen LogP contribution < -0.4 is 0 Å². The number of allylic oxidation sites excluding steroid dienone is 3. The Labute approximate surface area is 173 Å². The monoisotopic (exact) mass is 378 g/mol. The Bertz CT molecular complexity index is 1070. The summed E-state index contributed by atoms with van der Waals surface area (Å²) < 4.78 is 0. The topological polar surface area (TPSA) is 25.2 Å². The molecule has 0 saturated carbocycles. The summed E-state index contributed by atoms with van der Waals surface area (Å²) in [5.41, 5.74) is 8.76. The molecule has 29 heavy (non-hydrogen) atoms. The molecule has 3 rings (SSSR count). The molecule has 0 fully saturated rings. The van der Waals surface area contributed by atoms with Gasteiger partial charge in [-0.25, -0.2) is 0 Å². The first-order valence-electron chi connectivity index (χ1n) is 9.73. The normalized spacial score (nSPS) is 12.7. The SMILES string of the molecule is C=C/N=C(\C)c1nccc(-c2ccccc2)c1/C=C\C(C)=C(\C)c1ccccc1. The van der Waals surface area contributed by atoms with E-state index in [1.165, 1.54) is 16.7 Å². The van der Waals surface area contributed by atoms with Crippen molar-refractivity contribution >= 4 is 17.4 Å². The van der Waals surface area contributed by atoms with E-state index in [9.17, 15) is 0 Å². The van der Waals surface area contributed by atoms with Crippen molar-refractivity contribution in [1.82, 2.24) is 4.98 Å². The van der Waals surface area contributed by atoms with E-state index < -0.39 is 0 Å². The molecule has 0 N–H and O–H groups in total. The lowest BCUT2D eigenvalue weighted by Gasteiger charge is -2.12. The van der Waals surface area contributed by atoms with Crippen LogP contribution in [0, 0.1) is 0 Å². The molecule has 0 aliphatic rings. The highest BCUT2D eigenvalue weighted by Gasteiger charge is 2.11. The van der Waals surface area contributed by atoms with Crippen molar-refractivity contribution < 1.29 is 0 Å². The molecule has 0 bridgehead atoms. The van der Waals surface area contributed by atoms with Gasteiger partial charge in [-0.1, -0.05) is 79.4 Å². The Balaban J connectivity index is 2.12. The molecule has 0 spiro atoms. The van der Waals surface area contributed by atoms with Gasteiger partial charge in [-0.2, -0.15) is 0 Å². The Morgan fingerprint density at radius 1 is 0.897 bits per heavy atom. The summed E-state index contributed by atoms with van der Waals surface area (Å²) >= 11 is 0. The van der Waals surface area contributed by atoms with Crippen molar-refractivity contribution in [2.45, 2.75) is 20.8 Å². The summed E-state index contributed by atoms with van der Waals surface area (Å²) in [5, 5.41) is 0. The van der Waals surface area contributed by atoms with Gasteiger partial charge in [-0.05, 0) is 54.7 Å². The predicted molar refractivity (Wildman–Crippen MR) is 126 cm³/mol. The molecule has 0 radical (unpaired) electrons. The van der Waals surface area contributed by atoms with Crippen LogP contribution in [0.2, 0.25) is 0 Å². The van der Waals surface area contributed by atoms with Crippen LogP contribution in [0.25, 0.3) is 22.8 Å². The van der Waals surface area contributed by atoms with Gasteiger partial charge in [0.05, 0.1) is 11.4 Å². The van der Waals surface area contributed by atoms with Crippen LogP contribution in [0.3, 0.4) is 0 Å².